The zero-order chi connectivity index (χ0) is 19.7. The maximum atomic E-state index is 11.5. The van der Waals surface area contributed by atoms with Crippen LogP contribution in [-0.2, 0) is 14.3 Å². The number of esters is 1. The van der Waals surface area contributed by atoms with Gasteiger partial charge in [-0.1, -0.05) is 55.4 Å². The summed E-state index contributed by atoms with van der Waals surface area (Å²) in [6, 6.07) is 0. The first-order valence-corrected chi connectivity index (χ1v) is 9.19. The number of carbonyl (C=O) groups is 2. The number of allylic oxidation sites excluding steroid dienone is 9. The summed E-state index contributed by atoms with van der Waals surface area (Å²) in [6.07, 6.45) is 15.3. The Morgan fingerprint density at radius 2 is 1.81 bits per heavy atom. The molecule has 3 nitrogen and oxygen atoms in total. The molecule has 0 N–H and O–H groups in total. The minimum atomic E-state index is -0.495. The van der Waals surface area contributed by atoms with E-state index in [4.69, 9.17) is 4.74 Å². The summed E-state index contributed by atoms with van der Waals surface area (Å²) in [5, 5.41) is 0. The lowest BCUT2D eigenvalue weighted by Crippen LogP contribution is -2.19. The Kier molecular flexibility index (Phi) is 8.50. The first-order valence-electron chi connectivity index (χ1n) is 9.19. The smallest absolute Gasteiger partial charge is 0.331 e. The lowest BCUT2D eigenvalue weighted by atomic mass is 9.72. The number of hydrogen-bond donors (Lipinski definition) is 0. The van der Waals surface area contributed by atoms with Gasteiger partial charge in [0.05, 0.1) is 0 Å². The molecule has 0 atom stereocenters. The SMILES string of the molecule is CC(=O)COC(=O)/C=C(C)/C=C/C=C(C)/C=C/C1=C(C)CCCC1(C)C. The van der Waals surface area contributed by atoms with Crippen molar-refractivity contribution < 1.29 is 14.3 Å². The second-order valence-corrected chi connectivity index (χ2v) is 7.73. The van der Waals surface area contributed by atoms with Crippen molar-refractivity contribution in [3.63, 3.8) is 0 Å². The van der Waals surface area contributed by atoms with E-state index in [1.54, 1.807) is 0 Å². The van der Waals surface area contributed by atoms with Gasteiger partial charge in [0, 0.05) is 6.08 Å². The Morgan fingerprint density at radius 1 is 1.12 bits per heavy atom. The molecule has 0 saturated carbocycles. The average molecular weight is 357 g/mol. The van der Waals surface area contributed by atoms with E-state index >= 15 is 0 Å². The van der Waals surface area contributed by atoms with Gasteiger partial charge in [0.15, 0.2) is 5.78 Å². The highest BCUT2D eigenvalue weighted by Gasteiger charge is 2.26. The number of Topliss-reactive ketones (excluding diaryl/α,β-unsaturated/α-hetero) is 1. The van der Waals surface area contributed by atoms with Gasteiger partial charge < -0.3 is 4.74 Å². The summed E-state index contributed by atoms with van der Waals surface area (Å²) < 4.78 is 4.81. The molecule has 0 radical (unpaired) electrons. The first kappa shape index (κ1) is 21.9. The van der Waals surface area contributed by atoms with Crippen LogP contribution >= 0.6 is 0 Å². The molecule has 1 aliphatic carbocycles. The highest BCUT2D eigenvalue weighted by atomic mass is 16.5. The monoisotopic (exact) mass is 356 g/mol. The van der Waals surface area contributed by atoms with Crippen LogP contribution in [0.3, 0.4) is 0 Å². The standard InChI is InChI=1S/C23H32O3/c1-17(12-13-21-19(3)11-8-14-23(21,5)6)9-7-10-18(2)15-22(25)26-16-20(4)24/h7,9-10,12-13,15H,8,11,14,16H2,1-6H3/b10-7+,13-12+,17-9+,18-15+. The van der Waals surface area contributed by atoms with Crippen LogP contribution in [0.4, 0.5) is 0 Å². The van der Waals surface area contributed by atoms with Crippen LogP contribution in [0.1, 0.15) is 60.8 Å². The van der Waals surface area contributed by atoms with Gasteiger partial charge in [-0.2, -0.15) is 0 Å². The van der Waals surface area contributed by atoms with Crippen molar-refractivity contribution in [1.29, 1.82) is 0 Å². The summed E-state index contributed by atoms with van der Waals surface area (Å²) in [4.78, 5) is 22.3. The molecule has 0 aromatic rings. The number of rotatable bonds is 7. The lowest BCUT2D eigenvalue weighted by Gasteiger charge is -2.32. The Hall–Kier alpha value is -2.16. The van der Waals surface area contributed by atoms with Crippen LogP contribution in [0.25, 0.3) is 0 Å². The fourth-order valence-corrected chi connectivity index (χ4v) is 3.08. The van der Waals surface area contributed by atoms with E-state index in [1.165, 1.54) is 43.4 Å². The zero-order valence-corrected chi connectivity index (χ0v) is 17.0. The van der Waals surface area contributed by atoms with E-state index in [9.17, 15) is 9.59 Å². The van der Waals surface area contributed by atoms with Crippen molar-refractivity contribution in [2.45, 2.75) is 60.8 Å². The number of carbonyl (C=O) groups excluding carboxylic acids is 2. The van der Waals surface area contributed by atoms with Gasteiger partial charge in [-0.05, 0) is 63.5 Å². The molecule has 1 rings (SSSR count). The van der Waals surface area contributed by atoms with E-state index in [1.807, 2.05) is 25.2 Å². The second kappa shape index (κ2) is 10.1. The molecule has 0 bridgehead atoms. The van der Waals surface area contributed by atoms with Gasteiger partial charge in [0.1, 0.15) is 6.61 Å². The Balaban J connectivity index is 2.69. The normalized spacial score (nSPS) is 18.7. The quantitative estimate of drug-likeness (QED) is 0.336. The van der Waals surface area contributed by atoms with E-state index in [0.29, 0.717) is 0 Å². The van der Waals surface area contributed by atoms with E-state index in [0.717, 1.165) is 11.1 Å². The summed E-state index contributed by atoms with van der Waals surface area (Å²) in [5.41, 5.74) is 5.11. The van der Waals surface area contributed by atoms with Crippen molar-refractivity contribution in [1.82, 2.24) is 0 Å². The fourth-order valence-electron chi connectivity index (χ4n) is 3.08. The molecule has 0 amide bonds. The molecule has 0 heterocycles. The predicted octanol–water partition coefficient (Wildman–Crippen LogP) is 5.65. The minimum Gasteiger partial charge on any atom is -0.455 e. The van der Waals surface area contributed by atoms with Crippen LogP contribution in [-0.4, -0.2) is 18.4 Å². The molecule has 3 heteroatoms. The van der Waals surface area contributed by atoms with Crippen LogP contribution in [0, 0.1) is 5.41 Å². The van der Waals surface area contributed by atoms with Crippen molar-refractivity contribution >= 4 is 11.8 Å². The molecule has 0 aromatic carbocycles. The van der Waals surface area contributed by atoms with Crippen molar-refractivity contribution in [3.05, 3.63) is 58.7 Å². The average Bonchev–Trinajstić information content (AvgIpc) is 2.51. The van der Waals surface area contributed by atoms with Crippen LogP contribution in [0.5, 0.6) is 0 Å². The molecular formula is C23H32O3. The largest absolute Gasteiger partial charge is 0.455 e. The van der Waals surface area contributed by atoms with Gasteiger partial charge >= 0.3 is 5.97 Å². The molecule has 0 unspecified atom stereocenters. The molecule has 26 heavy (non-hydrogen) atoms. The maximum absolute atomic E-state index is 11.5. The van der Waals surface area contributed by atoms with Gasteiger partial charge in [-0.3, -0.25) is 4.79 Å². The maximum Gasteiger partial charge on any atom is 0.331 e. The van der Waals surface area contributed by atoms with Crippen LogP contribution < -0.4 is 0 Å². The predicted molar refractivity (Wildman–Crippen MR) is 108 cm³/mol. The number of ketones is 1. The molecule has 0 aromatic heterocycles. The highest BCUT2D eigenvalue weighted by molar-refractivity contribution is 5.86. The molecule has 1 aliphatic rings. The fraction of sp³-hybridized carbons (Fsp3) is 0.478. The Labute approximate surface area is 158 Å². The molecule has 0 aliphatic heterocycles. The Bertz CT molecular complexity index is 682. The van der Waals surface area contributed by atoms with Crippen LogP contribution in [0.2, 0.25) is 0 Å². The summed E-state index contributed by atoms with van der Waals surface area (Å²) in [5.74, 6) is -0.665. The van der Waals surface area contributed by atoms with E-state index in [2.05, 4.69) is 39.8 Å². The molecule has 0 saturated heterocycles. The van der Waals surface area contributed by atoms with Crippen molar-refractivity contribution in [2.24, 2.45) is 5.41 Å². The third-order valence-corrected chi connectivity index (χ3v) is 4.54. The van der Waals surface area contributed by atoms with Gasteiger partial charge in [-0.15, -0.1) is 0 Å². The number of ether oxygens (including phenoxy) is 1. The molecule has 142 valence electrons. The third kappa shape index (κ3) is 7.81. The highest BCUT2D eigenvalue weighted by Crippen LogP contribution is 2.40. The van der Waals surface area contributed by atoms with Gasteiger partial charge in [0.2, 0.25) is 0 Å². The summed E-state index contributed by atoms with van der Waals surface area (Å²) >= 11 is 0. The van der Waals surface area contributed by atoms with E-state index < -0.39 is 5.97 Å². The molecular weight excluding hydrogens is 324 g/mol. The van der Waals surface area contributed by atoms with Gasteiger partial charge in [0.25, 0.3) is 0 Å². The van der Waals surface area contributed by atoms with Gasteiger partial charge in [-0.25, -0.2) is 4.79 Å². The van der Waals surface area contributed by atoms with Crippen LogP contribution in [0.15, 0.2) is 58.7 Å². The van der Waals surface area contributed by atoms with E-state index in [-0.39, 0.29) is 17.8 Å². The topological polar surface area (TPSA) is 43.4 Å². The van der Waals surface area contributed by atoms with Crippen molar-refractivity contribution in [2.75, 3.05) is 6.61 Å². The first-order chi connectivity index (χ1) is 12.1. The third-order valence-electron chi connectivity index (χ3n) is 4.54. The minimum absolute atomic E-state index is 0.170. The summed E-state index contributed by atoms with van der Waals surface area (Å²) in [7, 11) is 0. The zero-order valence-electron chi connectivity index (χ0n) is 17.0. The number of hydrogen-bond acceptors (Lipinski definition) is 3. The summed E-state index contributed by atoms with van der Waals surface area (Å²) in [6.45, 7) is 12.0. The Morgan fingerprint density at radius 3 is 2.42 bits per heavy atom. The molecule has 0 spiro atoms. The molecule has 0 fully saturated rings. The van der Waals surface area contributed by atoms with Crippen molar-refractivity contribution in [3.8, 4) is 0 Å². The lowest BCUT2D eigenvalue weighted by molar-refractivity contribution is -0.142. The second-order valence-electron chi connectivity index (χ2n) is 7.73.